The zero-order valence-corrected chi connectivity index (χ0v) is 10.5. The average molecular weight is 245 g/mol. The molecule has 16 heavy (non-hydrogen) atoms. The van der Waals surface area contributed by atoms with Crippen LogP contribution in [0.5, 0.6) is 5.75 Å². The van der Waals surface area contributed by atoms with Crippen LogP contribution in [0.1, 0.15) is 11.6 Å². The molecule has 1 rings (SSSR count). The zero-order chi connectivity index (χ0) is 11.4. The summed E-state index contributed by atoms with van der Waals surface area (Å²) in [6, 6.07) is 6.57. The van der Waals surface area contributed by atoms with Crippen molar-refractivity contribution >= 4 is 18.3 Å². The fourth-order valence-electron chi connectivity index (χ4n) is 1.23. The van der Waals surface area contributed by atoms with Gasteiger partial charge in [-0.1, -0.05) is 12.1 Å². The smallest absolute Gasteiger partial charge is 0.243 e. The third-order valence-corrected chi connectivity index (χ3v) is 2.18. The van der Waals surface area contributed by atoms with Crippen LogP contribution in [-0.4, -0.2) is 32.0 Å². The molecule has 0 aromatic heterocycles. The minimum atomic E-state index is -0.606. The first-order chi connectivity index (χ1) is 7.06. The van der Waals surface area contributed by atoms with Crippen LogP contribution in [-0.2, 0) is 4.79 Å². The lowest BCUT2D eigenvalue weighted by atomic mass is 10.1. The van der Waals surface area contributed by atoms with Gasteiger partial charge < -0.3 is 15.4 Å². The molecule has 0 fully saturated rings. The van der Waals surface area contributed by atoms with E-state index in [2.05, 4.69) is 0 Å². The maximum Gasteiger partial charge on any atom is 0.243 e. The van der Waals surface area contributed by atoms with Gasteiger partial charge in [-0.2, -0.15) is 0 Å². The average Bonchev–Trinajstić information content (AvgIpc) is 2.27. The highest BCUT2D eigenvalue weighted by Gasteiger charge is 2.17. The Morgan fingerprint density at radius 1 is 1.31 bits per heavy atom. The minimum absolute atomic E-state index is 0. The van der Waals surface area contributed by atoms with Crippen molar-refractivity contribution in [3.05, 3.63) is 29.8 Å². The van der Waals surface area contributed by atoms with Crippen molar-refractivity contribution in [3.63, 3.8) is 0 Å². The van der Waals surface area contributed by atoms with Gasteiger partial charge in [0.25, 0.3) is 0 Å². The molecule has 0 saturated carbocycles. The molecule has 1 aromatic rings. The maximum absolute atomic E-state index is 11.6. The Hall–Kier alpha value is -1.26. The highest BCUT2D eigenvalue weighted by atomic mass is 35.5. The fraction of sp³-hybridized carbons (Fsp3) is 0.364. The molecule has 0 aliphatic carbocycles. The maximum atomic E-state index is 11.6. The normalized spacial score (nSPS) is 11.2. The monoisotopic (exact) mass is 244 g/mol. The van der Waals surface area contributed by atoms with E-state index in [9.17, 15) is 4.79 Å². The molecule has 0 heterocycles. The number of rotatable bonds is 3. The highest BCUT2D eigenvalue weighted by molar-refractivity contribution is 5.85. The van der Waals surface area contributed by atoms with E-state index in [0.717, 1.165) is 11.3 Å². The van der Waals surface area contributed by atoms with Crippen LogP contribution >= 0.6 is 12.4 Å². The molecular formula is C11H17ClN2O2. The SMILES string of the molecule is COc1ccc([C@H](N)C(=O)N(C)C)cc1.Cl. The molecule has 2 N–H and O–H groups in total. The van der Waals surface area contributed by atoms with Gasteiger partial charge in [0.2, 0.25) is 5.91 Å². The Labute approximate surface area is 102 Å². The third-order valence-electron chi connectivity index (χ3n) is 2.18. The molecule has 0 spiro atoms. The molecule has 0 saturated heterocycles. The predicted octanol–water partition coefficient (Wildman–Crippen LogP) is 1.20. The molecule has 5 heteroatoms. The van der Waals surface area contributed by atoms with Crippen LogP contribution in [0.25, 0.3) is 0 Å². The van der Waals surface area contributed by atoms with E-state index in [1.165, 1.54) is 4.90 Å². The first-order valence-electron chi connectivity index (χ1n) is 4.67. The van der Waals surface area contributed by atoms with Crippen LogP contribution in [0.2, 0.25) is 0 Å². The van der Waals surface area contributed by atoms with Crippen molar-refractivity contribution in [2.45, 2.75) is 6.04 Å². The summed E-state index contributed by atoms with van der Waals surface area (Å²) in [5, 5.41) is 0. The van der Waals surface area contributed by atoms with Gasteiger partial charge in [0.1, 0.15) is 11.8 Å². The number of amides is 1. The lowest BCUT2D eigenvalue weighted by Crippen LogP contribution is -2.33. The summed E-state index contributed by atoms with van der Waals surface area (Å²) in [5.41, 5.74) is 6.59. The van der Waals surface area contributed by atoms with E-state index < -0.39 is 6.04 Å². The Morgan fingerprint density at radius 2 is 1.81 bits per heavy atom. The van der Waals surface area contributed by atoms with E-state index in [-0.39, 0.29) is 18.3 Å². The van der Waals surface area contributed by atoms with E-state index in [1.807, 2.05) is 0 Å². The third kappa shape index (κ3) is 3.40. The van der Waals surface area contributed by atoms with Crippen molar-refractivity contribution in [1.29, 1.82) is 0 Å². The van der Waals surface area contributed by atoms with Gasteiger partial charge >= 0.3 is 0 Å². The van der Waals surface area contributed by atoms with Gasteiger partial charge in [-0.15, -0.1) is 12.4 Å². The van der Waals surface area contributed by atoms with Crippen molar-refractivity contribution in [2.75, 3.05) is 21.2 Å². The molecule has 0 aliphatic heterocycles. The Bertz CT molecular complexity index is 338. The second-order valence-corrected chi connectivity index (χ2v) is 3.48. The summed E-state index contributed by atoms with van der Waals surface area (Å²) in [7, 11) is 4.97. The second kappa shape index (κ2) is 6.35. The highest BCUT2D eigenvalue weighted by Crippen LogP contribution is 2.16. The Kier molecular flexibility index (Phi) is 5.85. The zero-order valence-electron chi connectivity index (χ0n) is 9.64. The first-order valence-corrected chi connectivity index (χ1v) is 4.67. The largest absolute Gasteiger partial charge is 0.497 e. The summed E-state index contributed by atoms with van der Waals surface area (Å²) in [6.07, 6.45) is 0. The Balaban J connectivity index is 0.00000225. The molecule has 0 unspecified atom stereocenters. The Morgan fingerprint density at radius 3 is 2.19 bits per heavy atom. The van der Waals surface area contributed by atoms with E-state index in [0.29, 0.717) is 0 Å². The summed E-state index contributed by atoms with van der Waals surface area (Å²) >= 11 is 0. The summed E-state index contributed by atoms with van der Waals surface area (Å²) < 4.78 is 5.02. The number of likely N-dealkylation sites (N-methyl/N-ethyl adjacent to an activating group) is 1. The summed E-state index contributed by atoms with van der Waals surface area (Å²) in [5.74, 6) is 0.642. The van der Waals surface area contributed by atoms with Crippen molar-refractivity contribution < 1.29 is 9.53 Å². The molecule has 0 aliphatic rings. The van der Waals surface area contributed by atoms with Gasteiger partial charge in [0.05, 0.1) is 7.11 Å². The standard InChI is InChI=1S/C11H16N2O2.ClH/c1-13(2)11(14)10(12)8-4-6-9(15-3)7-5-8;/h4-7,10H,12H2,1-3H3;1H/t10-;/m0./s1. The molecule has 1 aromatic carbocycles. The number of nitrogens with two attached hydrogens (primary N) is 1. The number of hydrogen-bond donors (Lipinski definition) is 1. The van der Waals surface area contributed by atoms with E-state index in [4.69, 9.17) is 10.5 Å². The van der Waals surface area contributed by atoms with Gasteiger partial charge in [-0.3, -0.25) is 4.79 Å². The van der Waals surface area contributed by atoms with Gasteiger partial charge in [0, 0.05) is 14.1 Å². The number of carbonyl (C=O) groups is 1. The van der Waals surface area contributed by atoms with Crippen LogP contribution in [0.4, 0.5) is 0 Å². The number of hydrogen-bond acceptors (Lipinski definition) is 3. The number of carbonyl (C=O) groups excluding carboxylic acids is 1. The van der Waals surface area contributed by atoms with Crippen LogP contribution in [0.15, 0.2) is 24.3 Å². The van der Waals surface area contributed by atoms with Crippen LogP contribution in [0.3, 0.4) is 0 Å². The number of halogens is 1. The van der Waals surface area contributed by atoms with Crippen molar-refractivity contribution in [3.8, 4) is 5.75 Å². The second-order valence-electron chi connectivity index (χ2n) is 3.48. The van der Waals surface area contributed by atoms with Crippen molar-refractivity contribution in [1.82, 2.24) is 4.90 Å². The number of methoxy groups -OCH3 is 1. The summed E-state index contributed by atoms with van der Waals surface area (Å²) in [4.78, 5) is 13.0. The van der Waals surface area contributed by atoms with Gasteiger partial charge in [-0.25, -0.2) is 0 Å². The minimum Gasteiger partial charge on any atom is -0.497 e. The lowest BCUT2D eigenvalue weighted by molar-refractivity contribution is -0.130. The number of ether oxygens (including phenoxy) is 1. The van der Waals surface area contributed by atoms with E-state index in [1.54, 1.807) is 45.5 Å². The van der Waals surface area contributed by atoms with Gasteiger partial charge in [-0.05, 0) is 17.7 Å². The molecule has 0 radical (unpaired) electrons. The fourth-order valence-corrected chi connectivity index (χ4v) is 1.23. The number of benzene rings is 1. The van der Waals surface area contributed by atoms with Crippen molar-refractivity contribution in [2.24, 2.45) is 5.73 Å². The van der Waals surface area contributed by atoms with Crippen LogP contribution in [0, 0.1) is 0 Å². The molecule has 4 nitrogen and oxygen atoms in total. The molecule has 1 amide bonds. The molecule has 90 valence electrons. The molecule has 0 bridgehead atoms. The first kappa shape index (κ1) is 14.7. The van der Waals surface area contributed by atoms with E-state index >= 15 is 0 Å². The molecular weight excluding hydrogens is 228 g/mol. The summed E-state index contributed by atoms with van der Waals surface area (Å²) in [6.45, 7) is 0. The topological polar surface area (TPSA) is 55.6 Å². The van der Waals surface area contributed by atoms with Gasteiger partial charge in [0.15, 0.2) is 0 Å². The predicted molar refractivity (Wildman–Crippen MR) is 65.9 cm³/mol. The quantitative estimate of drug-likeness (QED) is 0.870. The lowest BCUT2D eigenvalue weighted by Gasteiger charge is -2.17. The number of nitrogens with zero attached hydrogens (tertiary/aromatic N) is 1. The molecule has 1 atom stereocenters. The van der Waals surface area contributed by atoms with Crippen LogP contribution < -0.4 is 10.5 Å².